The molecule has 2 heterocycles. The highest BCUT2D eigenvalue weighted by Crippen LogP contribution is 2.34. The molecule has 0 radical (unpaired) electrons. The van der Waals surface area contributed by atoms with Gasteiger partial charge in [-0.15, -0.1) is 0 Å². The molecule has 1 aromatic heterocycles. The molecule has 198 valence electrons. The Labute approximate surface area is 224 Å². The minimum absolute atomic E-state index is 0.0470. The summed E-state index contributed by atoms with van der Waals surface area (Å²) in [6.07, 6.45) is 1.66. The molecule has 1 amide bonds. The highest BCUT2D eigenvalue weighted by atomic mass is 35.5. The molecule has 7 nitrogen and oxygen atoms in total. The summed E-state index contributed by atoms with van der Waals surface area (Å²) in [7, 11) is 1.56. The van der Waals surface area contributed by atoms with Crippen molar-refractivity contribution in [1.29, 1.82) is 0 Å². The Morgan fingerprint density at radius 3 is 2.63 bits per heavy atom. The van der Waals surface area contributed by atoms with Crippen LogP contribution in [-0.2, 0) is 11.3 Å². The summed E-state index contributed by atoms with van der Waals surface area (Å²) in [6.45, 7) is 1.84. The molecule has 1 fully saturated rings. The molecule has 3 N–H and O–H groups in total. The minimum atomic E-state index is -0.427. The van der Waals surface area contributed by atoms with E-state index in [1.165, 1.54) is 12.1 Å². The number of likely N-dealkylation sites (N-methyl/N-ethyl adjacent to an activating group) is 1. The number of anilines is 1. The van der Waals surface area contributed by atoms with Gasteiger partial charge < -0.3 is 20.4 Å². The van der Waals surface area contributed by atoms with Gasteiger partial charge in [-0.1, -0.05) is 11.6 Å². The van der Waals surface area contributed by atoms with Crippen LogP contribution in [-0.4, -0.2) is 53.6 Å². The molecule has 0 atom stereocenters. The minimum Gasteiger partial charge on any atom is -0.484 e. The van der Waals surface area contributed by atoms with Crippen LogP contribution in [0.5, 0.6) is 5.75 Å². The molecular weight excluding hydrogens is 512 g/mol. The van der Waals surface area contributed by atoms with E-state index in [0.29, 0.717) is 28.7 Å². The van der Waals surface area contributed by atoms with Crippen molar-refractivity contribution in [3.63, 3.8) is 0 Å². The van der Waals surface area contributed by atoms with Crippen LogP contribution in [0.2, 0.25) is 5.02 Å². The number of aromatic amines is 1. The van der Waals surface area contributed by atoms with Crippen LogP contribution in [0.3, 0.4) is 0 Å². The van der Waals surface area contributed by atoms with Crippen LogP contribution >= 0.6 is 11.6 Å². The zero-order valence-electron chi connectivity index (χ0n) is 20.9. The molecule has 1 saturated heterocycles. The number of nitrogens with zero attached hydrogens (tertiary/aromatic N) is 2. The van der Waals surface area contributed by atoms with Gasteiger partial charge in [0.15, 0.2) is 6.61 Å². The lowest BCUT2D eigenvalue weighted by molar-refractivity contribution is -0.122. The van der Waals surface area contributed by atoms with Gasteiger partial charge in [0.25, 0.3) is 5.91 Å². The molecule has 0 unspecified atom stereocenters. The van der Waals surface area contributed by atoms with E-state index in [2.05, 4.69) is 20.5 Å². The summed E-state index contributed by atoms with van der Waals surface area (Å²) < 4.78 is 33.1. The van der Waals surface area contributed by atoms with Crippen molar-refractivity contribution in [2.24, 2.45) is 0 Å². The van der Waals surface area contributed by atoms with E-state index in [4.69, 9.17) is 21.3 Å². The molecular formula is C28H28ClF2N5O2. The lowest BCUT2D eigenvalue weighted by Crippen LogP contribution is -2.38. The fraction of sp³-hybridized carbons (Fsp3) is 0.286. The molecule has 38 heavy (non-hydrogen) atoms. The topological polar surface area (TPSA) is 82.3 Å². The largest absolute Gasteiger partial charge is 0.484 e. The van der Waals surface area contributed by atoms with Crippen LogP contribution in [0.4, 0.5) is 14.5 Å². The first-order valence-electron chi connectivity index (χ1n) is 12.4. The quantitative estimate of drug-likeness (QED) is 0.281. The summed E-state index contributed by atoms with van der Waals surface area (Å²) >= 11 is 6.59. The number of aromatic nitrogens is 2. The average molecular weight is 540 g/mol. The number of carbonyl (C=O) groups is 1. The number of amides is 1. The highest BCUT2D eigenvalue weighted by molar-refractivity contribution is 6.34. The van der Waals surface area contributed by atoms with Gasteiger partial charge in [0, 0.05) is 43.9 Å². The molecule has 4 aromatic rings. The second kappa shape index (κ2) is 11.4. The number of likely N-dealkylation sites (tertiary alicyclic amines) is 1. The SMILES string of the molecule is CNC(=O)COc1ccc(-c2nc3c(NC4CCN(Cc5cc(F)ccc5F)CC4)c(Cl)ccc3[nH]2)cc1. The summed E-state index contributed by atoms with van der Waals surface area (Å²) in [6, 6.07) is 14.8. The van der Waals surface area contributed by atoms with Crippen LogP contribution in [0.25, 0.3) is 22.4 Å². The molecule has 3 aromatic carbocycles. The summed E-state index contributed by atoms with van der Waals surface area (Å²) in [5.74, 6) is 0.268. The van der Waals surface area contributed by atoms with Crippen LogP contribution in [0.1, 0.15) is 18.4 Å². The number of imidazole rings is 1. The standard InChI is InChI=1S/C28H28ClF2N5O2/c1-32-25(37)16-38-21-5-2-17(3-6-21)28-34-24-9-7-22(29)26(27(24)35-28)33-20-10-12-36(13-11-20)15-18-14-19(30)4-8-23(18)31/h2-9,14,20,33H,10-13,15-16H2,1H3,(H,32,37)(H,34,35). The molecule has 5 rings (SSSR count). The zero-order chi connectivity index (χ0) is 26.6. The fourth-order valence-corrected chi connectivity index (χ4v) is 4.81. The number of fused-ring (bicyclic) bond motifs is 1. The van der Waals surface area contributed by atoms with E-state index < -0.39 is 5.82 Å². The first-order valence-corrected chi connectivity index (χ1v) is 12.8. The van der Waals surface area contributed by atoms with Gasteiger partial charge in [-0.25, -0.2) is 13.8 Å². The van der Waals surface area contributed by atoms with Gasteiger partial charge in [-0.05, 0) is 67.4 Å². The van der Waals surface area contributed by atoms with Crippen molar-refractivity contribution in [2.75, 3.05) is 32.1 Å². The number of hydrogen-bond donors (Lipinski definition) is 3. The third-order valence-corrected chi connectivity index (χ3v) is 7.03. The Bertz CT molecular complexity index is 1440. The predicted molar refractivity (Wildman–Crippen MR) is 144 cm³/mol. The summed E-state index contributed by atoms with van der Waals surface area (Å²) in [5, 5.41) is 6.67. The summed E-state index contributed by atoms with van der Waals surface area (Å²) in [5.41, 5.74) is 3.61. The Morgan fingerprint density at radius 2 is 1.89 bits per heavy atom. The fourth-order valence-electron chi connectivity index (χ4n) is 4.60. The van der Waals surface area contributed by atoms with Gasteiger partial charge in [-0.3, -0.25) is 9.69 Å². The normalized spacial score (nSPS) is 14.5. The molecule has 10 heteroatoms. The van der Waals surface area contributed by atoms with E-state index in [-0.39, 0.29) is 24.4 Å². The van der Waals surface area contributed by atoms with Crippen LogP contribution in [0.15, 0.2) is 54.6 Å². The average Bonchev–Trinajstić information content (AvgIpc) is 3.37. The van der Waals surface area contributed by atoms with Crippen molar-refractivity contribution < 1.29 is 18.3 Å². The number of carbonyl (C=O) groups excluding carboxylic acids is 1. The monoisotopic (exact) mass is 539 g/mol. The Morgan fingerprint density at radius 1 is 1.13 bits per heavy atom. The number of hydrogen-bond acceptors (Lipinski definition) is 5. The lowest BCUT2D eigenvalue weighted by atomic mass is 10.0. The van der Waals surface area contributed by atoms with E-state index in [1.54, 1.807) is 19.2 Å². The third kappa shape index (κ3) is 5.89. The zero-order valence-corrected chi connectivity index (χ0v) is 21.6. The molecule has 0 spiro atoms. The number of H-pyrrole nitrogens is 1. The predicted octanol–water partition coefficient (Wildman–Crippen LogP) is 5.36. The number of rotatable bonds is 8. The number of benzene rings is 3. The molecule has 1 aliphatic rings. The van der Waals surface area contributed by atoms with Crippen molar-refractivity contribution in [1.82, 2.24) is 20.2 Å². The van der Waals surface area contributed by atoms with Gasteiger partial charge in [0.2, 0.25) is 0 Å². The molecule has 0 bridgehead atoms. The maximum atomic E-state index is 14.1. The summed E-state index contributed by atoms with van der Waals surface area (Å²) in [4.78, 5) is 21.7. The van der Waals surface area contributed by atoms with Crippen molar-refractivity contribution >= 4 is 34.2 Å². The smallest absolute Gasteiger partial charge is 0.257 e. The van der Waals surface area contributed by atoms with E-state index in [0.717, 1.165) is 54.3 Å². The van der Waals surface area contributed by atoms with Gasteiger partial charge in [-0.2, -0.15) is 0 Å². The van der Waals surface area contributed by atoms with Gasteiger partial charge in [0.05, 0.1) is 16.2 Å². The third-order valence-electron chi connectivity index (χ3n) is 6.72. The van der Waals surface area contributed by atoms with Gasteiger partial charge >= 0.3 is 0 Å². The van der Waals surface area contributed by atoms with Crippen molar-refractivity contribution in [3.05, 3.63) is 76.8 Å². The number of ether oxygens (including phenoxy) is 1. The van der Waals surface area contributed by atoms with Crippen molar-refractivity contribution in [2.45, 2.75) is 25.4 Å². The van der Waals surface area contributed by atoms with Gasteiger partial charge in [0.1, 0.15) is 28.7 Å². The highest BCUT2D eigenvalue weighted by Gasteiger charge is 2.22. The Kier molecular flexibility index (Phi) is 7.76. The molecule has 0 aliphatic carbocycles. The Hall–Kier alpha value is -3.69. The van der Waals surface area contributed by atoms with Crippen LogP contribution in [0, 0.1) is 11.6 Å². The number of halogens is 3. The van der Waals surface area contributed by atoms with E-state index in [9.17, 15) is 13.6 Å². The lowest BCUT2D eigenvalue weighted by Gasteiger charge is -2.33. The second-order valence-corrected chi connectivity index (χ2v) is 9.73. The first kappa shape index (κ1) is 25.9. The van der Waals surface area contributed by atoms with E-state index in [1.807, 2.05) is 24.3 Å². The Balaban J connectivity index is 1.26. The molecule has 0 saturated carbocycles. The van der Waals surface area contributed by atoms with Crippen molar-refractivity contribution in [3.8, 4) is 17.1 Å². The second-order valence-electron chi connectivity index (χ2n) is 9.32. The maximum Gasteiger partial charge on any atom is 0.257 e. The molecule has 1 aliphatic heterocycles. The van der Waals surface area contributed by atoms with E-state index >= 15 is 0 Å². The maximum absolute atomic E-state index is 14.1. The van der Waals surface area contributed by atoms with Crippen LogP contribution < -0.4 is 15.4 Å². The number of nitrogens with one attached hydrogen (secondary N) is 3. The number of piperidine rings is 1. The first-order chi connectivity index (χ1) is 18.4.